The number of H-pyrrole nitrogens is 1. The number of aromatic amines is 1. The summed E-state index contributed by atoms with van der Waals surface area (Å²) in [6.07, 6.45) is 0.464. The Kier molecular flexibility index (Phi) is 4.05. The molecule has 0 bridgehead atoms. The molecule has 1 unspecified atom stereocenters. The molecule has 0 radical (unpaired) electrons. The van der Waals surface area contributed by atoms with Crippen molar-refractivity contribution in [3.63, 3.8) is 0 Å². The Morgan fingerprint density at radius 1 is 1.41 bits per heavy atom. The van der Waals surface area contributed by atoms with Crippen LogP contribution >= 0.6 is 11.6 Å². The van der Waals surface area contributed by atoms with Crippen LogP contribution in [0, 0.1) is 0 Å². The maximum Gasteiger partial charge on any atom is 0.0705 e. The monoisotopic (exact) mass is 252 g/mol. The molecule has 0 spiro atoms. The third-order valence-corrected chi connectivity index (χ3v) is 3.30. The fourth-order valence-electron chi connectivity index (χ4n) is 1.79. The van der Waals surface area contributed by atoms with E-state index in [0.717, 1.165) is 28.0 Å². The summed E-state index contributed by atoms with van der Waals surface area (Å²) in [5, 5.41) is 14.4. The largest absolute Gasteiger partial charge is 0.392 e. The Hall–Kier alpha value is -1.03. The molecule has 2 rings (SSSR count). The quantitative estimate of drug-likeness (QED) is 0.766. The highest BCUT2D eigenvalue weighted by Crippen LogP contribution is 2.26. The zero-order valence-corrected chi connectivity index (χ0v) is 10.6. The second-order valence-corrected chi connectivity index (χ2v) is 4.53. The molecule has 2 aromatic rings. The predicted molar refractivity (Wildman–Crippen MR) is 71.3 cm³/mol. The van der Waals surface area contributed by atoms with Gasteiger partial charge in [0.1, 0.15) is 0 Å². The third kappa shape index (κ3) is 2.80. The number of para-hydroxylation sites is 1. The lowest BCUT2D eigenvalue weighted by Gasteiger charge is -2.08. The number of benzene rings is 1. The predicted octanol–water partition coefficient (Wildman–Crippen LogP) is 2.68. The van der Waals surface area contributed by atoms with E-state index in [4.69, 9.17) is 11.6 Å². The third-order valence-electron chi connectivity index (χ3n) is 2.87. The number of aromatic nitrogens is 1. The van der Waals surface area contributed by atoms with E-state index in [1.54, 1.807) is 0 Å². The SMILES string of the molecule is CCC(O)CNCc1[nH]c2ccccc2c1Cl. The van der Waals surface area contributed by atoms with Crippen molar-refractivity contribution in [2.24, 2.45) is 0 Å². The van der Waals surface area contributed by atoms with Gasteiger partial charge < -0.3 is 15.4 Å². The van der Waals surface area contributed by atoms with Crippen molar-refractivity contribution < 1.29 is 5.11 Å². The molecule has 1 aromatic carbocycles. The van der Waals surface area contributed by atoms with Crippen LogP contribution in [0.5, 0.6) is 0 Å². The van der Waals surface area contributed by atoms with Crippen LogP contribution in [0.3, 0.4) is 0 Å². The number of aliphatic hydroxyl groups is 1. The van der Waals surface area contributed by atoms with Gasteiger partial charge in [-0.15, -0.1) is 0 Å². The molecule has 92 valence electrons. The van der Waals surface area contributed by atoms with Gasteiger partial charge in [-0.2, -0.15) is 0 Å². The van der Waals surface area contributed by atoms with Crippen molar-refractivity contribution in [1.82, 2.24) is 10.3 Å². The number of hydrogen-bond donors (Lipinski definition) is 3. The topological polar surface area (TPSA) is 48.0 Å². The van der Waals surface area contributed by atoms with E-state index in [-0.39, 0.29) is 6.10 Å². The second-order valence-electron chi connectivity index (χ2n) is 4.16. The van der Waals surface area contributed by atoms with Gasteiger partial charge in [-0.25, -0.2) is 0 Å². The van der Waals surface area contributed by atoms with Gasteiger partial charge in [0, 0.05) is 29.7 Å². The molecule has 0 saturated heterocycles. The molecule has 4 heteroatoms. The van der Waals surface area contributed by atoms with E-state index in [2.05, 4.69) is 10.3 Å². The van der Waals surface area contributed by atoms with Gasteiger partial charge in [0.25, 0.3) is 0 Å². The van der Waals surface area contributed by atoms with Crippen molar-refractivity contribution >= 4 is 22.5 Å². The highest BCUT2D eigenvalue weighted by Gasteiger charge is 2.08. The number of aliphatic hydroxyl groups excluding tert-OH is 1. The van der Waals surface area contributed by atoms with E-state index in [1.807, 2.05) is 31.2 Å². The van der Waals surface area contributed by atoms with Crippen LogP contribution in [0.2, 0.25) is 5.02 Å². The van der Waals surface area contributed by atoms with Crippen molar-refractivity contribution in [3.8, 4) is 0 Å². The minimum absolute atomic E-state index is 0.293. The van der Waals surface area contributed by atoms with E-state index >= 15 is 0 Å². The second kappa shape index (κ2) is 5.54. The van der Waals surface area contributed by atoms with Gasteiger partial charge in [0.15, 0.2) is 0 Å². The fraction of sp³-hybridized carbons (Fsp3) is 0.385. The summed E-state index contributed by atoms with van der Waals surface area (Å²) >= 11 is 6.27. The number of nitrogens with one attached hydrogen (secondary N) is 2. The molecule has 0 aliphatic rings. The van der Waals surface area contributed by atoms with Gasteiger partial charge in [-0.3, -0.25) is 0 Å². The summed E-state index contributed by atoms with van der Waals surface area (Å²) in [4.78, 5) is 3.28. The van der Waals surface area contributed by atoms with E-state index in [9.17, 15) is 5.11 Å². The first-order valence-electron chi connectivity index (χ1n) is 5.86. The first-order valence-corrected chi connectivity index (χ1v) is 6.24. The molecule has 3 N–H and O–H groups in total. The average Bonchev–Trinajstić information content (AvgIpc) is 2.67. The standard InChI is InChI=1S/C13H17ClN2O/c1-2-9(17)7-15-8-12-13(14)10-5-3-4-6-11(10)16-12/h3-6,9,15-17H,2,7-8H2,1H3. The Labute approximate surface area is 106 Å². The van der Waals surface area contributed by atoms with Crippen LogP contribution in [-0.2, 0) is 6.54 Å². The van der Waals surface area contributed by atoms with Crippen LogP contribution in [-0.4, -0.2) is 22.7 Å². The van der Waals surface area contributed by atoms with E-state index in [1.165, 1.54) is 0 Å². The molecule has 0 fully saturated rings. The molecule has 1 atom stereocenters. The van der Waals surface area contributed by atoms with E-state index in [0.29, 0.717) is 13.1 Å². The van der Waals surface area contributed by atoms with Crippen LogP contribution in [0.15, 0.2) is 24.3 Å². The normalized spacial score (nSPS) is 13.1. The lowest BCUT2D eigenvalue weighted by Crippen LogP contribution is -2.25. The lowest BCUT2D eigenvalue weighted by atomic mass is 10.2. The van der Waals surface area contributed by atoms with Gasteiger partial charge in [0.2, 0.25) is 0 Å². The molecule has 1 heterocycles. The van der Waals surface area contributed by atoms with E-state index < -0.39 is 0 Å². The van der Waals surface area contributed by atoms with Gasteiger partial charge >= 0.3 is 0 Å². The zero-order valence-electron chi connectivity index (χ0n) is 9.83. The molecular weight excluding hydrogens is 236 g/mol. The zero-order chi connectivity index (χ0) is 12.3. The highest BCUT2D eigenvalue weighted by atomic mass is 35.5. The summed E-state index contributed by atoms with van der Waals surface area (Å²) in [5.41, 5.74) is 2.02. The lowest BCUT2D eigenvalue weighted by molar-refractivity contribution is 0.167. The van der Waals surface area contributed by atoms with Crippen LogP contribution in [0.1, 0.15) is 19.0 Å². The maximum atomic E-state index is 9.44. The summed E-state index contributed by atoms with van der Waals surface area (Å²) in [5.74, 6) is 0. The van der Waals surface area contributed by atoms with Crippen LogP contribution in [0.25, 0.3) is 10.9 Å². The van der Waals surface area contributed by atoms with Crippen molar-refractivity contribution in [2.45, 2.75) is 26.0 Å². The molecule has 3 nitrogen and oxygen atoms in total. The number of hydrogen-bond acceptors (Lipinski definition) is 2. The first kappa shape index (κ1) is 12.4. The summed E-state index contributed by atoms with van der Waals surface area (Å²) in [6.45, 7) is 3.19. The minimum atomic E-state index is -0.293. The Bertz CT molecular complexity index is 495. The van der Waals surface area contributed by atoms with Crippen molar-refractivity contribution in [1.29, 1.82) is 0 Å². The van der Waals surface area contributed by atoms with Gasteiger partial charge in [-0.05, 0) is 12.5 Å². The molecule has 17 heavy (non-hydrogen) atoms. The number of rotatable bonds is 5. The molecule has 0 aliphatic heterocycles. The molecule has 0 saturated carbocycles. The molecule has 0 amide bonds. The number of halogens is 1. The van der Waals surface area contributed by atoms with Gasteiger partial charge in [-0.1, -0.05) is 36.7 Å². The van der Waals surface area contributed by atoms with Gasteiger partial charge in [0.05, 0.1) is 11.1 Å². The Balaban J connectivity index is 2.06. The average molecular weight is 253 g/mol. The number of fused-ring (bicyclic) bond motifs is 1. The fourth-order valence-corrected chi connectivity index (χ4v) is 2.07. The minimum Gasteiger partial charge on any atom is -0.392 e. The molecular formula is C13H17ClN2O. The van der Waals surface area contributed by atoms with Crippen LogP contribution in [0.4, 0.5) is 0 Å². The summed E-state index contributed by atoms with van der Waals surface area (Å²) in [6, 6.07) is 7.96. The molecule has 1 aromatic heterocycles. The Morgan fingerprint density at radius 2 is 2.18 bits per heavy atom. The smallest absolute Gasteiger partial charge is 0.0705 e. The van der Waals surface area contributed by atoms with Crippen molar-refractivity contribution in [2.75, 3.05) is 6.54 Å². The molecule has 0 aliphatic carbocycles. The maximum absolute atomic E-state index is 9.44. The summed E-state index contributed by atoms with van der Waals surface area (Å²) in [7, 11) is 0. The highest BCUT2D eigenvalue weighted by molar-refractivity contribution is 6.36. The van der Waals surface area contributed by atoms with Crippen LogP contribution < -0.4 is 5.32 Å². The first-order chi connectivity index (χ1) is 8.22. The summed E-state index contributed by atoms with van der Waals surface area (Å²) < 4.78 is 0. The Morgan fingerprint density at radius 3 is 2.88 bits per heavy atom. The van der Waals surface area contributed by atoms with Crippen molar-refractivity contribution in [3.05, 3.63) is 35.0 Å².